The van der Waals surface area contributed by atoms with Gasteiger partial charge in [0.15, 0.2) is 6.61 Å². The van der Waals surface area contributed by atoms with Crippen LogP contribution in [0.4, 0.5) is 5.69 Å². The Morgan fingerprint density at radius 3 is 2.35 bits per heavy atom. The zero-order valence-corrected chi connectivity index (χ0v) is 15.5. The highest BCUT2D eigenvalue weighted by Crippen LogP contribution is 2.26. The van der Waals surface area contributed by atoms with E-state index in [0.29, 0.717) is 10.6 Å². The van der Waals surface area contributed by atoms with Crippen molar-refractivity contribution in [3.63, 3.8) is 0 Å². The number of amides is 2. The van der Waals surface area contributed by atoms with E-state index in [1.54, 1.807) is 24.3 Å². The molecule has 136 valence electrons. The van der Waals surface area contributed by atoms with E-state index in [9.17, 15) is 14.4 Å². The number of anilines is 1. The fourth-order valence-corrected chi connectivity index (χ4v) is 3.34. The Morgan fingerprint density at radius 1 is 0.923 bits per heavy atom. The molecule has 0 aliphatic heterocycles. The highest BCUT2D eigenvalue weighted by atomic mass is 32.2. The number of nitrogens with one attached hydrogen (secondary N) is 1. The Labute approximate surface area is 159 Å². The summed E-state index contributed by atoms with van der Waals surface area (Å²) in [4.78, 5) is 36.3. The maximum atomic E-state index is 12.0. The third-order valence-corrected chi connectivity index (χ3v) is 5.08. The quantitative estimate of drug-likeness (QED) is 0.504. The third kappa shape index (κ3) is 7.20. The maximum absolute atomic E-state index is 12.0. The molecule has 0 atom stereocenters. The number of hydrogen-bond acceptors (Lipinski definition) is 6. The topological polar surface area (TPSA) is 98.5 Å². The first-order valence-electron chi connectivity index (χ1n) is 7.68. The number of benzene rings is 2. The van der Waals surface area contributed by atoms with Gasteiger partial charge in [-0.05, 0) is 24.3 Å². The Kier molecular flexibility index (Phi) is 8.04. The van der Waals surface area contributed by atoms with Crippen LogP contribution in [0.5, 0.6) is 0 Å². The SMILES string of the molecule is NC(=O)CSc1ccccc1NC(=O)COC(=O)CSc1ccccc1. The second-order valence-electron chi connectivity index (χ2n) is 5.06. The highest BCUT2D eigenvalue weighted by molar-refractivity contribution is 8.00. The molecule has 0 spiro atoms. The highest BCUT2D eigenvalue weighted by Gasteiger charge is 2.11. The molecule has 0 aliphatic rings. The summed E-state index contributed by atoms with van der Waals surface area (Å²) in [5, 5.41) is 2.67. The number of primary amides is 1. The molecule has 0 saturated heterocycles. The summed E-state index contributed by atoms with van der Waals surface area (Å²) in [7, 11) is 0. The molecule has 0 aliphatic carbocycles. The number of rotatable bonds is 9. The van der Waals surface area contributed by atoms with Crippen LogP contribution in [0.2, 0.25) is 0 Å². The van der Waals surface area contributed by atoms with Crippen LogP contribution < -0.4 is 11.1 Å². The van der Waals surface area contributed by atoms with E-state index in [1.807, 2.05) is 30.3 Å². The Balaban J connectivity index is 1.78. The first kappa shape index (κ1) is 19.9. The maximum Gasteiger partial charge on any atom is 0.316 e. The van der Waals surface area contributed by atoms with Crippen LogP contribution in [0, 0.1) is 0 Å². The largest absolute Gasteiger partial charge is 0.455 e. The minimum absolute atomic E-state index is 0.110. The Bertz CT molecular complexity index is 769. The van der Waals surface area contributed by atoms with E-state index < -0.39 is 17.8 Å². The fraction of sp³-hybridized carbons (Fsp3) is 0.167. The lowest BCUT2D eigenvalue weighted by atomic mass is 10.3. The van der Waals surface area contributed by atoms with Crippen LogP contribution in [-0.4, -0.2) is 35.9 Å². The number of hydrogen-bond donors (Lipinski definition) is 2. The van der Waals surface area contributed by atoms with Crippen LogP contribution in [0.3, 0.4) is 0 Å². The molecular weight excluding hydrogens is 372 g/mol. The normalized spacial score (nSPS) is 10.2. The lowest BCUT2D eigenvalue weighted by Crippen LogP contribution is -2.22. The number of nitrogens with two attached hydrogens (primary N) is 1. The second-order valence-corrected chi connectivity index (χ2v) is 7.13. The average Bonchev–Trinajstić information content (AvgIpc) is 2.65. The fourth-order valence-electron chi connectivity index (χ4n) is 1.88. The van der Waals surface area contributed by atoms with Crippen molar-refractivity contribution in [2.24, 2.45) is 5.73 Å². The molecule has 3 N–H and O–H groups in total. The van der Waals surface area contributed by atoms with Crippen LogP contribution in [0.25, 0.3) is 0 Å². The van der Waals surface area contributed by atoms with Gasteiger partial charge in [0.25, 0.3) is 5.91 Å². The number of carbonyl (C=O) groups excluding carboxylic acids is 3. The Hall–Kier alpha value is -2.45. The Morgan fingerprint density at radius 2 is 1.62 bits per heavy atom. The van der Waals surface area contributed by atoms with Gasteiger partial charge in [0, 0.05) is 9.79 Å². The molecular formula is C18H18N2O4S2. The number of esters is 1. The van der Waals surface area contributed by atoms with Gasteiger partial charge >= 0.3 is 5.97 Å². The van der Waals surface area contributed by atoms with Gasteiger partial charge in [-0.2, -0.15) is 0 Å². The number of thioether (sulfide) groups is 2. The molecule has 0 radical (unpaired) electrons. The summed E-state index contributed by atoms with van der Waals surface area (Å²) in [6, 6.07) is 16.5. The van der Waals surface area contributed by atoms with E-state index in [1.165, 1.54) is 23.5 Å². The monoisotopic (exact) mass is 390 g/mol. The second kappa shape index (κ2) is 10.5. The van der Waals surface area contributed by atoms with Gasteiger partial charge in [-0.3, -0.25) is 14.4 Å². The van der Waals surface area contributed by atoms with Gasteiger partial charge in [-0.15, -0.1) is 23.5 Å². The van der Waals surface area contributed by atoms with Crippen molar-refractivity contribution in [1.82, 2.24) is 0 Å². The van der Waals surface area contributed by atoms with Gasteiger partial charge in [0.05, 0.1) is 17.2 Å². The molecule has 0 unspecified atom stereocenters. The molecule has 0 saturated carbocycles. The van der Waals surface area contributed by atoms with Crippen LogP contribution in [0.1, 0.15) is 0 Å². The van der Waals surface area contributed by atoms with E-state index in [-0.39, 0.29) is 18.1 Å². The summed E-state index contributed by atoms with van der Waals surface area (Å²) in [5.74, 6) is -1.12. The van der Waals surface area contributed by atoms with Crippen molar-refractivity contribution < 1.29 is 19.1 Å². The molecule has 0 fully saturated rings. The van der Waals surface area contributed by atoms with Crippen LogP contribution in [-0.2, 0) is 19.1 Å². The number of para-hydroxylation sites is 1. The van der Waals surface area contributed by atoms with Crippen molar-refractivity contribution in [3.8, 4) is 0 Å². The standard InChI is InChI=1S/C18H18N2O4S2/c19-16(21)11-26-15-9-5-4-8-14(15)20-17(22)10-24-18(23)12-25-13-6-2-1-3-7-13/h1-9H,10-12H2,(H2,19,21)(H,20,22). The minimum Gasteiger partial charge on any atom is -0.455 e. The molecule has 0 bridgehead atoms. The zero-order chi connectivity index (χ0) is 18.8. The summed E-state index contributed by atoms with van der Waals surface area (Å²) in [6.07, 6.45) is 0. The van der Waals surface area contributed by atoms with E-state index in [0.717, 1.165) is 4.90 Å². The molecule has 2 rings (SSSR count). The van der Waals surface area contributed by atoms with Gasteiger partial charge < -0.3 is 15.8 Å². The third-order valence-electron chi connectivity index (χ3n) is 3.00. The molecule has 0 heterocycles. The molecule has 2 aromatic rings. The summed E-state index contributed by atoms with van der Waals surface area (Å²) in [6.45, 7) is -0.372. The van der Waals surface area contributed by atoms with E-state index >= 15 is 0 Å². The predicted octanol–water partition coefficient (Wildman–Crippen LogP) is 2.54. The molecule has 2 amide bonds. The van der Waals surface area contributed by atoms with E-state index in [2.05, 4.69) is 5.32 Å². The van der Waals surface area contributed by atoms with Crippen molar-refractivity contribution in [2.75, 3.05) is 23.4 Å². The van der Waals surface area contributed by atoms with Crippen LogP contribution >= 0.6 is 23.5 Å². The first-order valence-corrected chi connectivity index (χ1v) is 9.65. The molecule has 2 aromatic carbocycles. The molecule has 6 nitrogen and oxygen atoms in total. The minimum atomic E-state index is -0.467. The van der Waals surface area contributed by atoms with Gasteiger partial charge in [-0.1, -0.05) is 30.3 Å². The molecule has 26 heavy (non-hydrogen) atoms. The van der Waals surface area contributed by atoms with Crippen molar-refractivity contribution in [1.29, 1.82) is 0 Å². The zero-order valence-electron chi connectivity index (χ0n) is 13.8. The number of ether oxygens (including phenoxy) is 1. The number of carbonyl (C=O) groups is 3. The van der Waals surface area contributed by atoms with Crippen molar-refractivity contribution in [3.05, 3.63) is 54.6 Å². The lowest BCUT2D eigenvalue weighted by Gasteiger charge is -2.10. The van der Waals surface area contributed by atoms with Gasteiger partial charge in [0.1, 0.15) is 0 Å². The molecule has 8 heteroatoms. The van der Waals surface area contributed by atoms with Crippen molar-refractivity contribution >= 4 is 47.0 Å². The van der Waals surface area contributed by atoms with Gasteiger partial charge in [0.2, 0.25) is 5.91 Å². The van der Waals surface area contributed by atoms with Crippen molar-refractivity contribution in [2.45, 2.75) is 9.79 Å². The summed E-state index contributed by atoms with van der Waals surface area (Å²) in [5.41, 5.74) is 5.68. The summed E-state index contributed by atoms with van der Waals surface area (Å²) < 4.78 is 4.98. The first-order chi connectivity index (χ1) is 12.5. The van der Waals surface area contributed by atoms with Gasteiger partial charge in [-0.25, -0.2) is 0 Å². The smallest absolute Gasteiger partial charge is 0.316 e. The predicted molar refractivity (Wildman–Crippen MR) is 103 cm³/mol. The molecule has 0 aromatic heterocycles. The van der Waals surface area contributed by atoms with Crippen LogP contribution in [0.15, 0.2) is 64.4 Å². The van der Waals surface area contributed by atoms with E-state index in [4.69, 9.17) is 10.5 Å². The summed E-state index contributed by atoms with van der Waals surface area (Å²) >= 11 is 2.57. The lowest BCUT2D eigenvalue weighted by molar-refractivity contribution is -0.144. The average molecular weight is 390 g/mol.